The number of carbonyl (C=O) groups excluding carboxylic acids is 1. The third-order valence-corrected chi connectivity index (χ3v) is 3.27. The van der Waals surface area contributed by atoms with Gasteiger partial charge in [0.15, 0.2) is 0 Å². The average Bonchev–Trinajstić information content (AvgIpc) is 2.91. The first-order valence-electron chi connectivity index (χ1n) is 6.20. The third kappa shape index (κ3) is 2.01. The zero-order chi connectivity index (χ0) is 12.4. The molecule has 3 rings (SSSR count). The molecule has 0 N–H and O–H groups in total. The van der Waals surface area contributed by atoms with Gasteiger partial charge in [-0.1, -0.05) is 18.2 Å². The molecular weight excluding hydrogens is 226 g/mol. The molecule has 0 aliphatic carbocycles. The van der Waals surface area contributed by atoms with E-state index in [0.717, 1.165) is 25.1 Å². The number of hydrogen-bond donors (Lipinski definition) is 0. The number of carbonyl (C=O) groups is 1. The van der Waals surface area contributed by atoms with Gasteiger partial charge < -0.3 is 4.90 Å². The fourth-order valence-corrected chi connectivity index (χ4v) is 2.41. The highest BCUT2D eigenvalue weighted by molar-refractivity contribution is 5.94. The van der Waals surface area contributed by atoms with Gasteiger partial charge in [-0.05, 0) is 30.5 Å². The van der Waals surface area contributed by atoms with E-state index in [-0.39, 0.29) is 5.91 Å². The van der Waals surface area contributed by atoms with Crippen molar-refractivity contribution in [2.75, 3.05) is 11.4 Å². The lowest BCUT2D eigenvalue weighted by Gasteiger charge is -2.29. The molecule has 0 fully saturated rings. The van der Waals surface area contributed by atoms with Crippen LogP contribution in [0.25, 0.3) is 0 Å². The van der Waals surface area contributed by atoms with Gasteiger partial charge in [0.25, 0.3) is 0 Å². The van der Waals surface area contributed by atoms with Crippen molar-refractivity contribution in [2.45, 2.75) is 19.4 Å². The SMILES string of the molecule is O=C(Cn1cccn1)N1CCCc2ccccc21. The van der Waals surface area contributed by atoms with Crippen LogP contribution < -0.4 is 4.90 Å². The quantitative estimate of drug-likeness (QED) is 0.805. The van der Waals surface area contributed by atoms with Crippen LogP contribution in [0.3, 0.4) is 0 Å². The topological polar surface area (TPSA) is 38.1 Å². The second kappa shape index (κ2) is 4.64. The molecule has 4 nitrogen and oxygen atoms in total. The van der Waals surface area contributed by atoms with Gasteiger partial charge in [-0.25, -0.2) is 0 Å². The smallest absolute Gasteiger partial charge is 0.248 e. The normalized spacial score (nSPS) is 14.3. The molecule has 0 spiro atoms. The van der Waals surface area contributed by atoms with Crippen molar-refractivity contribution in [3.8, 4) is 0 Å². The van der Waals surface area contributed by atoms with Gasteiger partial charge in [0.2, 0.25) is 5.91 Å². The van der Waals surface area contributed by atoms with Crippen LogP contribution in [-0.4, -0.2) is 22.2 Å². The summed E-state index contributed by atoms with van der Waals surface area (Å²) in [7, 11) is 0. The van der Waals surface area contributed by atoms with Crippen molar-refractivity contribution >= 4 is 11.6 Å². The summed E-state index contributed by atoms with van der Waals surface area (Å²) in [5.74, 6) is 0.103. The predicted molar refractivity (Wildman–Crippen MR) is 69.3 cm³/mol. The number of aryl methyl sites for hydroxylation is 1. The number of rotatable bonds is 2. The Morgan fingerprint density at radius 2 is 2.17 bits per heavy atom. The first-order valence-corrected chi connectivity index (χ1v) is 6.20. The second-order valence-electron chi connectivity index (χ2n) is 4.48. The van der Waals surface area contributed by atoms with Crippen LogP contribution in [0.1, 0.15) is 12.0 Å². The number of hydrogen-bond acceptors (Lipinski definition) is 2. The minimum absolute atomic E-state index is 0.103. The first kappa shape index (κ1) is 11.0. The van der Waals surface area contributed by atoms with E-state index >= 15 is 0 Å². The summed E-state index contributed by atoms with van der Waals surface area (Å²) < 4.78 is 1.67. The zero-order valence-electron chi connectivity index (χ0n) is 10.1. The summed E-state index contributed by atoms with van der Waals surface area (Å²) in [6.45, 7) is 1.11. The summed E-state index contributed by atoms with van der Waals surface area (Å²) in [5.41, 5.74) is 2.32. The Labute approximate surface area is 106 Å². The number of nitrogens with zero attached hydrogens (tertiary/aromatic N) is 3. The van der Waals surface area contributed by atoms with Gasteiger partial charge in [-0.15, -0.1) is 0 Å². The third-order valence-electron chi connectivity index (χ3n) is 3.27. The summed E-state index contributed by atoms with van der Waals surface area (Å²) in [4.78, 5) is 14.2. The maximum Gasteiger partial charge on any atom is 0.248 e. The Kier molecular flexibility index (Phi) is 2.84. The van der Waals surface area contributed by atoms with E-state index in [0.29, 0.717) is 6.54 Å². The minimum Gasteiger partial charge on any atom is -0.311 e. The minimum atomic E-state index is 0.103. The van der Waals surface area contributed by atoms with Crippen molar-refractivity contribution in [1.82, 2.24) is 9.78 Å². The number of fused-ring (bicyclic) bond motifs is 1. The monoisotopic (exact) mass is 241 g/mol. The standard InChI is InChI=1S/C14H15N3O/c18-14(11-16-9-4-8-15-16)17-10-3-6-12-5-1-2-7-13(12)17/h1-2,4-5,7-9H,3,6,10-11H2. The van der Waals surface area contributed by atoms with Crippen molar-refractivity contribution in [2.24, 2.45) is 0 Å². The predicted octanol–water partition coefficient (Wildman–Crippen LogP) is 1.86. The van der Waals surface area contributed by atoms with Crippen LogP contribution >= 0.6 is 0 Å². The Hall–Kier alpha value is -2.10. The molecule has 1 aliphatic heterocycles. The Morgan fingerprint density at radius 3 is 3.00 bits per heavy atom. The molecule has 0 unspecified atom stereocenters. The Morgan fingerprint density at radius 1 is 1.28 bits per heavy atom. The molecular formula is C14H15N3O. The highest BCUT2D eigenvalue weighted by atomic mass is 16.2. The van der Waals surface area contributed by atoms with Crippen LogP contribution in [0.4, 0.5) is 5.69 Å². The lowest BCUT2D eigenvalue weighted by molar-refractivity contribution is -0.119. The number of amides is 1. The van der Waals surface area contributed by atoms with Crippen LogP contribution in [0.2, 0.25) is 0 Å². The molecule has 92 valence electrons. The molecule has 2 aromatic rings. The van der Waals surface area contributed by atoms with E-state index in [9.17, 15) is 4.79 Å². The fraction of sp³-hybridized carbons (Fsp3) is 0.286. The molecule has 0 saturated heterocycles. The van der Waals surface area contributed by atoms with Crippen LogP contribution in [0, 0.1) is 0 Å². The van der Waals surface area contributed by atoms with E-state index in [1.165, 1.54) is 5.56 Å². The molecule has 0 bridgehead atoms. The molecule has 1 amide bonds. The van der Waals surface area contributed by atoms with Crippen LogP contribution in [0.5, 0.6) is 0 Å². The molecule has 0 atom stereocenters. The zero-order valence-corrected chi connectivity index (χ0v) is 10.1. The van der Waals surface area contributed by atoms with E-state index in [1.807, 2.05) is 35.4 Å². The van der Waals surface area contributed by atoms with E-state index in [2.05, 4.69) is 11.2 Å². The van der Waals surface area contributed by atoms with Gasteiger partial charge in [0.05, 0.1) is 0 Å². The van der Waals surface area contributed by atoms with E-state index < -0.39 is 0 Å². The van der Waals surface area contributed by atoms with Crippen LogP contribution in [-0.2, 0) is 17.8 Å². The summed E-state index contributed by atoms with van der Waals surface area (Å²) in [5, 5.41) is 4.08. The molecule has 1 aliphatic rings. The molecule has 0 radical (unpaired) electrons. The molecule has 0 saturated carbocycles. The lowest BCUT2D eigenvalue weighted by atomic mass is 10.0. The average molecular weight is 241 g/mol. The Bertz CT molecular complexity index is 548. The van der Waals surface area contributed by atoms with E-state index in [1.54, 1.807) is 10.9 Å². The van der Waals surface area contributed by atoms with Gasteiger partial charge in [0.1, 0.15) is 6.54 Å². The number of benzene rings is 1. The van der Waals surface area contributed by atoms with Crippen molar-refractivity contribution in [1.29, 1.82) is 0 Å². The van der Waals surface area contributed by atoms with Crippen molar-refractivity contribution < 1.29 is 4.79 Å². The summed E-state index contributed by atoms with van der Waals surface area (Å²) >= 11 is 0. The fourth-order valence-electron chi connectivity index (χ4n) is 2.41. The second-order valence-corrected chi connectivity index (χ2v) is 4.48. The van der Waals surface area contributed by atoms with E-state index in [4.69, 9.17) is 0 Å². The van der Waals surface area contributed by atoms with Gasteiger partial charge in [-0.3, -0.25) is 9.48 Å². The van der Waals surface area contributed by atoms with Crippen LogP contribution in [0.15, 0.2) is 42.7 Å². The van der Waals surface area contributed by atoms with Gasteiger partial charge >= 0.3 is 0 Å². The maximum atomic E-state index is 12.3. The Balaban J connectivity index is 1.83. The number of aromatic nitrogens is 2. The molecule has 4 heteroatoms. The molecule has 1 aromatic carbocycles. The maximum absolute atomic E-state index is 12.3. The lowest BCUT2D eigenvalue weighted by Crippen LogP contribution is -2.37. The highest BCUT2D eigenvalue weighted by Crippen LogP contribution is 2.26. The first-order chi connectivity index (χ1) is 8.84. The van der Waals surface area contributed by atoms with Gasteiger partial charge in [0, 0.05) is 24.6 Å². The summed E-state index contributed by atoms with van der Waals surface area (Å²) in [6.07, 6.45) is 5.59. The van der Waals surface area contributed by atoms with Crippen molar-refractivity contribution in [3.05, 3.63) is 48.3 Å². The highest BCUT2D eigenvalue weighted by Gasteiger charge is 2.22. The van der Waals surface area contributed by atoms with Crippen molar-refractivity contribution in [3.63, 3.8) is 0 Å². The molecule has 2 heterocycles. The number of para-hydroxylation sites is 1. The summed E-state index contributed by atoms with van der Waals surface area (Å²) in [6, 6.07) is 9.97. The molecule has 1 aromatic heterocycles. The number of anilines is 1. The largest absolute Gasteiger partial charge is 0.311 e. The molecule has 18 heavy (non-hydrogen) atoms. The van der Waals surface area contributed by atoms with Gasteiger partial charge in [-0.2, -0.15) is 5.10 Å².